The summed E-state index contributed by atoms with van der Waals surface area (Å²) in [4.78, 5) is 12.6. The van der Waals surface area contributed by atoms with Crippen molar-refractivity contribution in [3.63, 3.8) is 0 Å². The summed E-state index contributed by atoms with van der Waals surface area (Å²) in [6, 6.07) is 24.7. The minimum atomic E-state index is -1.98. The molecule has 0 fully saturated rings. The van der Waals surface area contributed by atoms with Gasteiger partial charge in [-0.25, -0.2) is 9.18 Å². The number of aryl methyl sites for hydroxylation is 1. The van der Waals surface area contributed by atoms with E-state index in [0.717, 1.165) is 36.0 Å². The van der Waals surface area contributed by atoms with Crippen LogP contribution in [0.15, 0.2) is 72.8 Å². The number of hydrogen-bond donors (Lipinski definition) is 0. The van der Waals surface area contributed by atoms with Crippen molar-refractivity contribution in [3.05, 3.63) is 78.4 Å². The first kappa shape index (κ1) is 33.6. The van der Waals surface area contributed by atoms with Crippen LogP contribution in [0.5, 0.6) is 5.75 Å². The molecule has 0 bridgehead atoms. The summed E-state index contributed by atoms with van der Waals surface area (Å²) in [7, 11) is 0. The Balaban J connectivity index is 1.53. The van der Waals surface area contributed by atoms with Crippen molar-refractivity contribution in [3.8, 4) is 28.0 Å². The van der Waals surface area contributed by atoms with Crippen molar-refractivity contribution in [2.75, 3.05) is 0 Å². The quantitative estimate of drug-likeness (QED) is 0.0764. The lowest BCUT2D eigenvalue weighted by Crippen LogP contribution is -2.34. The van der Waals surface area contributed by atoms with E-state index in [1.165, 1.54) is 88.7 Å². The third kappa shape index (κ3) is 11.4. The molecule has 42 heavy (non-hydrogen) atoms. The Bertz CT molecular complexity index is 1160. The molecular formula is C39H53FO2. The van der Waals surface area contributed by atoms with Gasteiger partial charge in [-0.05, 0) is 72.6 Å². The molecule has 0 N–H and O–H groups in total. The Morgan fingerprint density at radius 3 is 1.60 bits per heavy atom. The zero-order chi connectivity index (χ0) is 30.0. The van der Waals surface area contributed by atoms with Crippen LogP contribution in [0, 0.1) is 0 Å². The molecule has 0 aliphatic heterocycles. The van der Waals surface area contributed by atoms with E-state index < -0.39 is 11.6 Å². The van der Waals surface area contributed by atoms with Gasteiger partial charge in [0.2, 0.25) is 5.67 Å². The maximum Gasteiger partial charge on any atom is 0.348 e. The fourth-order valence-electron chi connectivity index (χ4n) is 5.56. The van der Waals surface area contributed by atoms with Gasteiger partial charge in [0.15, 0.2) is 0 Å². The largest absolute Gasteiger partial charge is 0.424 e. The molecule has 0 saturated carbocycles. The SMILES string of the molecule is CCCCCCCCCCc1ccc(-c2ccccc2-c2ccc(OC(=O)C(C)(F)CCCCCCCC)cc2)cc1. The van der Waals surface area contributed by atoms with Gasteiger partial charge in [0.25, 0.3) is 0 Å². The summed E-state index contributed by atoms with van der Waals surface area (Å²) >= 11 is 0. The second-order valence-corrected chi connectivity index (χ2v) is 12.1. The van der Waals surface area contributed by atoms with Crippen LogP contribution in [-0.2, 0) is 11.2 Å². The second-order valence-electron chi connectivity index (χ2n) is 12.1. The standard InChI is InChI=1S/C39H53FO2/c1-4-6-8-10-12-13-14-16-20-32-23-25-33(26-24-32)36-21-17-18-22-37(36)34-27-29-35(30-28-34)42-38(41)39(3,40)31-19-15-11-9-7-5-2/h17-18,21-30H,4-16,19-20,31H2,1-3H3. The monoisotopic (exact) mass is 572 g/mol. The molecule has 0 aromatic heterocycles. The van der Waals surface area contributed by atoms with Crippen molar-refractivity contribution in [1.29, 1.82) is 0 Å². The highest BCUT2D eigenvalue weighted by atomic mass is 19.1. The first-order valence-electron chi connectivity index (χ1n) is 16.6. The van der Waals surface area contributed by atoms with E-state index >= 15 is 4.39 Å². The van der Waals surface area contributed by atoms with Crippen molar-refractivity contribution >= 4 is 5.97 Å². The average Bonchev–Trinajstić information content (AvgIpc) is 3.01. The van der Waals surface area contributed by atoms with Crippen LogP contribution in [0.2, 0.25) is 0 Å². The zero-order valence-electron chi connectivity index (χ0n) is 26.4. The lowest BCUT2D eigenvalue weighted by Gasteiger charge is -2.18. The van der Waals surface area contributed by atoms with Crippen molar-refractivity contribution in [2.45, 2.75) is 129 Å². The molecule has 1 atom stereocenters. The number of esters is 1. The van der Waals surface area contributed by atoms with Crippen molar-refractivity contribution in [1.82, 2.24) is 0 Å². The normalized spacial score (nSPS) is 12.7. The van der Waals surface area contributed by atoms with Crippen LogP contribution in [0.25, 0.3) is 22.3 Å². The number of ether oxygens (including phenoxy) is 1. The highest BCUT2D eigenvalue weighted by Crippen LogP contribution is 2.33. The van der Waals surface area contributed by atoms with Gasteiger partial charge >= 0.3 is 5.97 Å². The van der Waals surface area contributed by atoms with Crippen LogP contribution < -0.4 is 4.74 Å². The number of carbonyl (C=O) groups is 1. The topological polar surface area (TPSA) is 26.3 Å². The molecule has 0 radical (unpaired) electrons. The van der Waals surface area contributed by atoms with Crippen LogP contribution in [0.4, 0.5) is 4.39 Å². The van der Waals surface area contributed by atoms with E-state index in [4.69, 9.17) is 4.74 Å². The fourth-order valence-corrected chi connectivity index (χ4v) is 5.56. The average molecular weight is 573 g/mol. The van der Waals surface area contributed by atoms with Gasteiger partial charge in [-0.15, -0.1) is 0 Å². The smallest absolute Gasteiger partial charge is 0.348 e. The number of alkyl halides is 1. The summed E-state index contributed by atoms with van der Waals surface area (Å²) in [5, 5.41) is 0. The van der Waals surface area contributed by atoms with E-state index in [0.29, 0.717) is 12.2 Å². The molecule has 0 saturated heterocycles. The van der Waals surface area contributed by atoms with Gasteiger partial charge < -0.3 is 4.74 Å². The third-order valence-corrected chi connectivity index (χ3v) is 8.31. The first-order chi connectivity index (χ1) is 20.4. The maximum atomic E-state index is 15.0. The van der Waals surface area contributed by atoms with Crippen molar-refractivity contribution < 1.29 is 13.9 Å². The third-order valence-electron chi connectivity index (χ3n) is 8.31. The first-order valence-corrected chi connectivity index (χ1v) is 16.6. The summed E-state index contributed by atoms with van der Waals surface area (Å²) < 4.78 is 20.5. The Kier molecular flexibility index (Phi) is 14.8. The molecular weight excluding hydrogens is 519 g/mol. The number of hydrogen-bond acceptors (Lipinski definition) is 2. The Hall–Kier alpha value is -2.94. The van der Waals surface area contributed by atoms with E-state index in [1.807, 2.05) is 18.2 Å². The molecule has 0 spiro atoms. The molecule has 3 aromatic rings. The number of halogens is 1. The summed E-state index contributed by atoms with van der Waals surface area (Å²) in [5.74, 6) is -0.436. The minimum Gasteiger partial charge on any atom is -0.424 e. The molecule has 228 valence electrons. The predicted octanol–water partition coefficient (Wildman–Crippen LogP) is 12.1. The molecule has 1 unspecified atom stereocenters. The lowest BCUT2D eigenvalue weighted by atomic mass is 9.93. The Labute approximate surface area is 255 Å². The molecule has 3 heteroatoms. The van der Waals surface area contributed by atoms with Gasteiger partial charge in [-0.1, -0.05) is 152 Å². The zero-order valence-corrected chi connectivity index (χ0v) is 26.4. The Morgan fingerprint density at radius 2 is 1.07 bits per heavy atom. The fraction of sp³-hybridized carbons (Fsp3) is 0.513. The minimum absolute atomic E-state index is 0.196. The molecule has 2 nitrogen and oxygen atoms in total. The van der Waals surface area contributed by atoms with Crippen LogP contribution in [0.3, 0.4) is 0 Å². The number of benzene rings is 3. The van der Waals surface area contributed by atoms with Gasteiger partial charge in [0.1, 0.15) is 5.75 Å². The van der Waals surface area contributed by atoms with E-state index in [-0.39, 0.29) is 6.42 Å². The Morgan fingerprint density at radius 1 is 0.619 bits per heavy atom. The molecule has 0 aliphatic rings. The highest BCUT2D eigenvalue weighted by Gasteiger charge is 2.34. The van der Waals surface area contributed by atoms with E-state index in [9.17, 15) is 4.79 Å². The summed E-state index contributed by atoms with van der Waals surface area (Å²) in [5.41, 5.74) is 3.91. The molecule has 3 aromatic carbocycles. The molecule has 0 amide bonds. The molecule has 3 rings (SSSR count). The number of unbranched alkanes of at least 4 members (excludes halogenated alkanes) is 12. The lowest BCUT2D eigenvalue weighted by molar-refractivity contribution is -0.147. The highest BCUT2D eigenvalue weighted by molar-refractivity contribution is 5.84. The van der Waals surface area contributed by atoms with Gasteiger partial charge in [0, 0.05) is 0 Å². The number of rotatable bonds is 20. The summed E-state index contributed by atoms with van der Waals surface area (Å²) in [6.45, 7) is 5.79. The molecule has 0 aliphatic carbocycles. The number of carbonyl (C=O) groups excluding carboxylic acids is 1. The van der Waals surface area contributed by atoms with Gasteiger partial charge in [-0.3, -0.25) is 0 Å². The maximum absolute atomic E-state index is 15.0. The second kappa shape index (κ2) is 18.6. The molecule has 0 heterocycles. The van der Waals surface area contributed by atoms with E-state index in [1.54, 1.807) is 12.1 Å². The predicted molar refractivity (Wildman–Crippen MR) is 177 cm³/mol. The van der Waals surface area contributed by atoms with E-state index in [2.05, 4.69) is 56.3 Å². The van der Waals surface area contributed by atoms with Crippen LogP contribution in [-0.4, -0.2) is 11.6 Å². The van der Waals surface area contributed by atoms with Crippen LogP contribution >= 0.6 is 0 Å². The van der Waals surface area contributed by atoms with Crippen LogP contribution in [0.1, 0.15) is 123 Å². The van der Waals surface area contributed by atoms with Gasteiger partial charge in [-0.2, -0.15) is 0 Å². The van der Waals surface area contributed by atoms with Crippen molar-refractivity contribution in [2.24, 2.45) is 0 Å². The summed E-state index contributed by atoms with van der Waals surface area (Å²) in [6.07, 6.45) is 18.3. The van der Waals surface area contributed by atoms with Gasteiger partial charge in [0.05, 0.1) is 0 Å².